The van der Waals surface area contributed by atoms with Gasteiger partial charge in [-0.2, -0.15) is 0 Å². The predicted molar refractivity (Wildman–Crippen MR) is 123 cm³/mol. The van der Waals surface area contributed by atoms with Crippen molar-refractivity contribution in [1.29, 1.82) is 0 Å². The van der Waals surface area contributed by atoms with Gasteiger partial charge in [0.15, 0.2) is 9.84 Å². The van der Waals surface area contributed by atoms with Gasteiger partial charge < -0.3 is 14.6 Å². The minimum atomic E-state index is -3.31. The first-order chi connectivity index (χ1) is 15.3. The lowest BCUT2D eigenvalue weighted by Gasteiger charge is -2.31. The number of likely N-dealkylation sites (tertiary alicyclic amines) is 1. The smallest absolute Gasteiger partial charge is 0.246 e. The van der Waals surface area contributed by atoms with E-state index < -0.39 is 15.1 Å². The molecular formula is C24H30N2O5S. The predicted octanol–water partition coefficient (Wildman–Crippen LogP) is 3.07. The topological polar surface area (TPSA) is 96.7 Å². The molecule has 2 amide bonds. The van der Waals surface area contributed by atoms with E-state index in [0.717, 1.165) is 18.4 Å². The molecular weight excluding hydrogens is 428 g/mol. The van der Waals surface area contributed by atoms with E-state index in [1.54, 1.807) is 62.6 Å². The van der Waals surface area contributed by atoms with Crippen molar-refractivity contribution in [1.82, 2.24) is 10.2 Å². The maximum atomic E-state index is 12.3. The SMILES string of the molecule is CC(C)S(=O)(=O)c1ccc(CC(=O)NCC2CCN(C(=O)C=Cc3ccco3)CC2)cc1. The van der Waals surface area contributed by atoms with Crippen molar-refractivity contribution in [2.24, 2.45) is 5.92 Å². The lowest BCUT2D eigenvalue weighted by Crippen LogP contribution is -2.41. The molecule has 0 aliphatic carbocycles. The fraction of sp³-hybridized carbons (Fsp3) is 0.417. The minimum Gasteiger partial charge on any atom is -0.465 e. The molecule has 0 bridgehead atoms. The van der Waals surface area contributed by atoms with Crippen molar-refractivity contribution < 1.29 is 22.4 Å². The van der Waals surface area contributed by atoms with Gasteiger partial charge >= 0.3 is 0 Å². The van der Waals surface area contributed by atoms with Gasteiger partial charge in [0.1, 0.15) is 5.76 Å². The highest BCUT2D eigenvalue weighted by Gasteiger charge is 2.22. The number of hydrogen-bond donors (Lipinski definition) is 1. The van der Waals surface area contributed by atoms with Crippen LogP contribution in [0.1, 0.15) is 38.0 Å². The number of nitrogens with one attached hydrogen (secondary N) is 1. The monoisotopic (exact) mass is 458 g/mol. The molecule has 0 atom stereocenters. The van der Waals surface area contributed by atoms with Gasteiger partial charge in [-0.05, 0) is 68.5 Å². The van der Waals surface area contributed by atoms with Crippen molar-refractivity contribution in [2.75, 3.05) is 19.6 Å². The van der Waals surface area contributed by atoms with Gasteiger partial charge in [0.2, 0.25) is 11.8 Å². The number of sulfone groups is 1. The summed E-state index contributed by atoms with van der Waals surface area (Å²) in [7, 11) is -3.31. The molecule has 0 radical (unpaired) electrons. The fourth-order valence-corrected chi connectivity index (χ4v) is 4.64. The first-order valence-electron chi connectivity index (χ1n) is 10.9. The Hall–Kier alpha value is -2.87. The highest BCUT2D eigenvalue weighted by molar-refractivity contribution is 7.92. The molecule has 1 fully saturated rings. The minimum absolute atomic E-state index is 0.0354. The largest absolute Gasteiger partial charge is 0.465 e. The molecule has 1 saturated heterocycles. The summed E-state index contributed by atoms with van der Waals surface area (Å²) in [5, 5.41) is 2.48. The first-order valence-corrected chi connectivity index (χ1v) is 12.4. The molecule has 3 rings (SSSR count). The van der Waals surface area contributed by atoms with Gasteiger partial charge in [0.25, 0.3) is 0 Å². The second-order valence-electron chi connectivity index (χ2n) is 8.34. The molecule has 1 aromatic carbocycles. The molecule has 0 spiro atoms. The van der Waals surface area contributed by atoms with E-state index in [-0.39, 0.29) is 23.1 Å². The molecule has 8 heteroatoms. The standard InChI is InChI=1S/C24H30N2O5S/c1-18(2)32(29,30)22-8-5-19(6-9-22)16-23(27)25-17-20-11-13-26(14-12-20)24(28)10-7-21-4-3-15-31-21/h3-10,15,18,20H,11-14,16-17H2,1-2H3,(H,25,27). The third kappa shape index (κ3) is 6.32. The van der Waals surface area contributed by atoms with E-state index in [9.17, 15) is 18.0 Å². The Bertz CT molecular complexity index is 1030. The first kappa shape index (κ1) is 23.8. The Morgan fingerprint density at radius 1 is 1.16 bits per heavy atom. The van der Waals surface area contributed by atoms with Gasteiger partial charge in [0.05, 0.1) is 22.8 Å². The van der Waals surface area contributed by atoms with Crippen molar-refractivity contribution >= 4 is 27.7 Å². The zero-order valence-corrected chi connectivity index (χ0v) is 19.3. The Balaban J connectivity index is 1.40. The number of furan rings is 1. The lowest BCUT2D eigenvalue weighted by molar-refractivity contribution is -0.127. The highest BCUT2D eigenvalue weighted by atomic mass is 32.2. The van der Waals surface area contributed by atoms with Crippen LogP contribution < -0.4 is 5.32 Å². The number of piperidine rings is 1. The fourth-order valence-electron chi connectivity index (χ4n) is 3.58. The van der Waals surface area contributed by atoms with Crippen LogP contribution in [0.5, 0.6) is 0 Å². The van der Waals surface area contributed by atoms with Gasteiger partial charge in [-0.3, -0.25) is 9.59 Å². The third-order valence-electron chi connectivity index (χ3n) is 5.68. The zero-order valence-electron chi connectivity index (χ0n) is 18.5. The number of carbonyl (C=O) groups excluding carboxylic acids is 2. The molecule has 1 aliphatic heterocycles. The third-order valence-corrected chi connectivity index (χ3v) is 7.86. The van der Waals surface area contributed by atoms with Gasteiger partial charge in [0, 0.05) is 25.7 Å². The summed E-state index contributed by atoms with van der Waals surface area (Å²) < 4.78 is 29.6. The number of carbonyl (C=O) groups is 2. The van der Waals surface area contributed by atoms with Crippen LogP contribution in [-0.2, 0) is 25.8 Å². The summed E-state index contributed by atoms with van der Waals surface area (Å²) >= 11 is 0. The number of rotatable bonds is 8. The molecule has 2 aromatic rings. The molecule has 1 aromatic heterocycles. The van der Waals surface area contributed by atoms with Crippen molar-refractivity contribution in [3.63, 3.8) is 0 Å². The summed E-state index contributed by atoms with van der Waals surface area (Å²) in [4.78, 5) is 26.7. The molecule has 7 nitrogen and oxygen atoms in total. The molecule has 32 heavy (non-hydrogen) atoms. The molecule has 172 valence electrons. The molecule has 0 unspecified atom stereocenters. The summed E-state index contributed by atoms with van der Waals surface area (Å²) in [6.07, 6.45) is 6.63. The maximum Gasteiger partial charge on any atom is 0.246 e. The van der Waals surface area contributed by atoms with Gasteiger partial charge in [-0.25, -0.2) is 8.42 Å². The van der Waals surface area contributed by atoms with E-state index >= 15 is 0 Å². The highest BCUT2D eigenvalue weighted by Crippen LogP contribution is 2.18. The van der Waals surface area contributed by atoms with Crippen LogP contribution in [0.3, 0.4) is 0 Å². The van der Waals surface area contributed by atoms with E-state index in [2.05, 4.69) is 5.32 Å². The van der Waals surface area contributed by atoms with Crippen molar-refractivity contribution in [3.05, 3.63) is 60.1 Å². The zero-order chi connectivity index (χ0) is 23.1. The van der Waals surface area contributed by atoms with Crippen LogP contribution in [-0.4, -0.2) is 50.0 Å². The van der Waals surface area contributed by atoms with Gasteiger partial charge in [-0.15, -0.1) is 0 Å². The number of hydrogen-bond acceptors (Lipinski definition) is 5. The normalized spacial score (nSPS) is 15.4. The van der Waals surface area contributed by atoms with Crippen molar-refractivity contribution in [2.45, 2.75) is 43.3 Å². The number of benzene rings is 1. The van der Waals surface area contributed by atoms with Crippen LogP contribution in [0.25, 0.3) is 6.08 Å². The summed E-state index contributed by atoms with van der Waals surface area (Å²) in [6.45, 7) is 5.19. The number of nitrogens with zero attached hydrogens (tertiary/aromatic N) is 1. The Kier molecular flexibility index (Phi) is 7.90. The second kappa shape index (κ2) is 10.6. The van der Waals surface area contributed by atoms with Crippen LogP contribution >= 0.6 is 0 Å². The van der Waals surface area contributed by atoms with Crippen molar-refractivity contribution in [3.8, 4) is 0 Å². The molecule has 1 N–H and O–H groups in total. The van der Waals surface area contributed by atoms with E-state index in [1.165, 1.54) is 6.08 Å². The quantitative estimate of drug-likeness (QED) is 0.613. The molecule has 0 saturated carbocycles. The lowest BCUT2D eigenvalue weighted by atomic mass is 9.96. The van der Waals surface area contributed by atoms with E-state index in [0.29, 0.717) is 31.3 Å². The number of amides is 2. The van der Waals surface area contributed by atoms with Crippen LogP contribution in [0.2, 0.25) is 0 Å². The van der Waals surface area contributed by atoms with Crippen LogP contribution in [0.4, 0.5) is 0 Å². The molecule has 1 aliphatic rings. The van der Waals surface area contributed by atoms with Crippen LogP contribution in [0, 0.1) is 5.92 Å². The Labute approximate surface area is 189 Å². The summed E-state index contributed by atoms with van der Waals surface area (Å²) in [5.41, 5.74) is 0.772. The van der Waals surface area contributed by atoms with E-state index in [4.69, 9.17) is 4.42 Å². The summed E-state index contributed by atoms with van der Waals surface area (Å²) in [5.74, 6) is 0.846. The van der Waals surface area contributed by atoms with Crippen LogP contribution in [0.15, 0.2) is 58.1 Å². The molecule has 2 heterocycles. The van der Waals surface area contributed by atoms with E-state index in [1.807, 2.05) is 4.90 Å². The summed E-state index contributed by atoms with van der Waals surface area (Å²) in [6, 6.07) is 10.1. The average molecular weight is 459 g/mol. The Morgan fingerprint density at radius 3 is 2.44 bits per heavy atom. The van der Waals surface area contributed by atoms with Gasteiger partial charge in [-0.1, -0.05) is 12.1 Å². The average Bonchev–Trinajstić information content (AvgIpc) is 3.30. The Morgan fingerprint density at radius 2 is 1.84 bits per heavy atom. The maximum absolute atomic E-state index is 12.3. The second-order valence-corrected chi connectivity index (χ2v) is 10.8.